The van der Waals surface area contributed by atoms with Crippen molar-refractivity contribution in [3.63, 3.8) is 0 Å². The monoisotopic (exact) mass is 221 g/mol. The molecule has 0 saturated carbocycles. The number of aromatic nitrogens is 1. The van der Waals surface area contributed by atoms with Crippen LogP contribution in [-0.4, -0.2) is 17.3 Å². The van der Waals surface area contributed by atoms with E-state index >= 15 is 0 Å². The van der Waals surface area contributed by atoms with Gasteiger partial charge >= 0.3 is 0 Å². The van der Waals surface area contributed by atoms with Gasteiger partial charge in [-0.05, 0) is 43.5 Å². The van der Waals surface area contributed by atoms with Gasteiger partial charge in [-0.3, -0.25) is 0 Å². The van der Waals surface area contributed by atoms with Crippen LogP contribution in [0.15, 0.2) is 30.5 Å². The summed E-state index contributed by atoms with van der Waals surface area (Å²) in [7, 11) is 0. The van der Waals surface area contributed by atoms with E-state index in [1.165, 1.54) is 6.07 Å². The first kappa shape index (κ1) is 11.1. The fraction of sp³-hybridized carbons (Fsp3) is 0.385. The molecule has 16 heavy (non-hydrogen) atoms. The van der Waals surface area contributed by atoms with Crippen LogP contribution in [0.4, 0.5) is 4.39 Å². The average Bonchev–Trinajstić information content (AvgIpc) is 2.60. The number of halogens is 1. The number of fused-ring (bicyclic) bond motifs is 1. The van der Waals surface area contributed by atoms with Crippen molar-refractivity contribution in [1.29, 1.82) is 0 Å². The second-order valence-electron chi connectivity index (χ2n) is 4.13. The smallest absolute Gasteiger partial charge is 0.125 e. The third-order valence-corrected chi connectivity index (χ3v) is 2.52. The summed E-state index contributed by atoms with van der Waals surface area (Å²) < 4.78 is 20.6. The second kappa shape index (κ2) is 4.66. The predicted molar refractivity (Wildman–Crippen MR) is 63.0 cm³/mol. The highest BCUT2D eigenvalue weighted by molar-refractivity contribution is 5.80. The van der Waals surface area contributed by atoms with E-state index in [1.807, 2.05) is 30.7 Å². The first-order valence-electron chi connectivity index (χ1n) is 5.53. The molecule has 0 spiro atoms. The average molecular weight is 221 g/mol. The molecule has 2 nitrogen and oxygen atoms in total. The first-order chi connectivity index (χ1) is 7.66. The lowest BCUT2D eigenvalue weighted by atomic mass is 10.2. The zero-order valence-corrected chi connectivity index (χ0v) is 9.61. The zero-order chi connectivity index (χ0) is 11.5. The van der Waals surface area contributed by atoms with Crippen molar-refractivity contribution in [3.8, 4) is 0 Å². The van der Waals surface area contributed by atoms with Crippen LogP contribution in [0.25, 0.3) is 10.9 Å². The fourth-order valence-electron chi connectivity index (χ4n) is 1.74. The maximum Gasteiger partial charge on any atom is 0.125 e. The van der Waals surface area contributed by atoms with Gasteiger partial charge in [-0.2, -0.15) is 0 Å². The molecule has 0 fully saturated rings. The highest BCUT2D eigenvalue weighted by Gasteiger charge is 2.02. The maximum absolute atomic E-state index is 13.1. The summed E-state index contributed by atoms with van der Waals surface area (Å²) in [6.07, 6.45) is 2.20. The molecule has 1 aromatic carbocycles. The van der Waals surface area contributed by atoms with E-state index in [2.05, 4.69) is 0 Å². The minimum atomic E-state index is -0.197. The number of rotatable bonds is 4. The number of ether oxygens (including phenoxy) is 1. The molecule has 0 aliphatic heterocycles. The van der Waals surface area contributed by atoms with Crippen molar-refractivity contribution in [2.75, 3.05) is 6.61 Å². The van der Waals surface area contributed by atoms with Crippen LogP contribution in [-0.2, 0) is 11.3 Å². The SMILES string of the molecule is CC(C)OCCn1ccc2ccc(F)cc21. The molecule has 0 aliphatic rings. The molecule has 3 heteroatoms. The molecule has 1 heterocycles. The third-order valence-electron chi connectivity index (χ3n) is 2.52. The van der Waals surface area contributed by atoms with E-state index in [-0.39, 0.29) is 11.9 Å². The standard InChI is InChI=1S/C13H16FNO/c1-10(2)16-8-7-15-6-5-11-3-4-12(14)9-13(11)15/h3-6,9-10H,7-8H2,1-2H3. The highest BCUT2D eigenvalue weighted by atomic mass is 19.1. The molecular weight excluding hydrogens is 205 g/mol. The van der Waals surface area contributed by atoms with E-state index in [0.29, 0.717) is 6.61 Å². The van der Waals surface area contributed by atoms with Gasteiger partial charge in [0.05, 0.1) is 18.2 Å². The largest absolute Gasteiger partial charge is 0.377 e. The van der Waals surface area contributed by atoms with Gasteiger partial charge < -0.3 is 9.30 Å². The van der Waals surface area contributed by atoms with Crippen molar-refractivity contribution in [3.05, 3.63) is 36.3 Å². The number of benzene rings is 1. The first-order valence-corrected chi connectivity index (χ1v) is 5.53. The van der Waals surface area contributed by atoms with Crippen LogP contribution in [0, 0.1) is 5.82 Å². The van der Waals surface area contributed by atoms with Crippen LogP contribution in [0.1, 0.15) is 13.8 Å². The Balaban J connectivity index is 2.15. The number of hydrogen-bond acceptors (Lipinski definition) is 1. The van der Waals surface area contributed by atoms with Crippen LogP contribution in [0.3, 0.4) is 0 Å². The Kier molecular flexibility index (Phi) is 3.25. The molecule has 0 radical (unpaired) electrons. The summed E-state index contributed by atoms with van der Waals surface area (Å²) in [6.45, 7) is 5.42. The molecule has 0 unspecified atom stereocenters. The van der Waals surface area contributed by atoms with E-state index < -0.39 is 0 Å². The van der Waals surface area contributed by atoms with Crippen molar-refractivity contribution in [2.24, 2.45) is 0 Å². The van der Waals surface area contributed by atoms with Gasteiger partial charge in [0, 0.05) is 12.7 Å². The Morgan fingerprint density at radius 2 is 2.12 bits per heavy atom. The quantitative estimate of drug-likeness (QED) is 0.773. The van der Waals surface area contributed by atoms with E-state index in [0.717, 1.165) is 17.4 Å². The Hall–Kier alpha value is -1.35. The zero-order valence-electron chi connectivity index (χ0n) is 9.61. The molecule has 0 N–H and O–H groups in total. The van der Waals surface area contributed by atoms with Crippen molar-refractivity contribution in [1.82, 2.24) is 4.57 Å². The Bertz CT molecular complexity index is 476. The Morgan fingerprint density at radius 3 is 2.88 bits per heavy atom. The molecule has 86 valence electrons. The number of nitrogens with zero attached hydrogens (tertiary/aromatic N) is 1. The maximum atomic E-state index is 13.1. The van der Waals surface area contributed by atoms with Crippen LogP contribution >= 0.6 is 0 Å². The summed E-state index contributed by atoms with van der Waals surface area (Å²) >= 11 is 0. The molecule has 0 aliphatic carbocycles. The fourth-order valence-corrected chi connectivity index (χ4v) is 1.74. The summed E-state index contributed by atoms with van der Waals surface area (Å²) in [5, 5.41) is 1.06. The number of hydrogen-bond donors (Lipinski definition) is 0. The summed E-state index contributed by atoms with van der Waals surface area (Å²) in [5.41, 5.74) is 0.923. The minimum absolute atomic E-state index is 0.197. The highest BCUT2D eigenvalue weighted by Crippen LogP contribution is 2.16. The lowest BCUT2D eigenvalue weighted by Crippen LogP contribution is -2.09. The molecule has 2 rings (SSSR count). The molecule has 0 amide bonds. The lowest BCUT2D eigenvalue weighted by Gasteiger charge is -2.09. The summed E-state index contributed by atoms with van der Waals surface area (Å²) in [4.78, 5) is 0. The lowest BCUT2D eigenvalue weighted by molar-refractivity contribution is 0.0733. The molecular formula is C13H16FNO. The van der Waals surface area contributed by atoms with Crippen LogP contribution in [0.5, 0.6) is 0 Å². The van der Waals surface area contributed by atoms with Crippen molar-refractivity contribution in [2.45, 2.75) is 26.5 Å². The van der Waals surface area contributed by atoms with Gasteiger partial charge in [-0.1, -0.05) is 0 Å². The molecule has 2 aromatic rings. The molecule has 0 saturated heterocycles. The van der Waals surface area contributed by atoms with Gasteiger partial charge in [0.1, 0.15) is 5.82 Å². The third kappa shape index (κ3) is 2.42. The molecule has 0 bridgehead atoms. The van der Waals surface area contributed by atoms with Crippen molar-refractivity contribution >= 4 is 10.9 Å². The van der Waals surface area contributed by atoms with Gasteiger partial charge in [0.2, 0.25) is 0 Å². The molecule has 1 aromatic heterocycles. The second-order valence-corrected chi connectivity index (χ2v) is 4.13. The van der Waals surface area contributed by atoms with E-state index in [1.54, 1.807) is 12.1 Å². The van der Waals surface area contributed by atoms with E-state index in [9.17, 15) is 4.39 Å². The van der Waals surface area contributed by atoms with Crippen LogP contribution in [0.2, 0.25) is 0 Å². The van der Waals surface area contributed by atoms with E-state index in [4.69, 9.17) is 4.74 Å². The predicted octanol–water partition coefficient (Wildman–Crippen LogP) is 3.21. The Morgan fingerprint density at radius 1 is 1.31 bits per heavy atom. The normalized spacial score (nSPS) is 11.5. The summed E-state index contributed by atoms with van der Waals surface area (Å²) in [5.74, 6) is -0.197. The van der Waals surface area contributed by atoms with Gasteiger partial charge in [0.15, 0.2) is 0 Å². The molecule has 0 atom stereocenters. The van der Waals surface area contributed by atoms with Gasteiger partial charge in [0.25, 0.3) is 0 Å². The van der Waals surface area contributed by atoms with Crippen LogP contribution < -0.4 is 0 Å². The van der Waals surface area contributed by atoms with Gasteiger partial charge in [-0.25, -0.2) is 4.39 Å². The van der Waals surface area contributed by atoms with Gasteiger partial charge in [-0.15, -0.1) is 0 Å². The summed E-state index contributed by atoms with van der Waals surface area (Å²) in [6, 6.07) is 6.83. The van der Waals surface area contributed by atoms with Crippen molar-refractivity contribution < 1.29 is 9.13 Å². The Labute approximate surface area is 94.6 Å². The minimum Gasteiger partial charge on any atom is -0.377 e. The topological polar surface area (TPSA) is 14.2 Å².